The molecule has 0 heterocycles. The minimum atomic E-state index is -3.80. The smallest absolute Gasteiger partial charge is 0.242 e. The van der Waals surface area contributed by atoms with Gasteiger partial charge in [-0.25, -0.2) is 12.8 Å². The predicted molar refractivity (Wildman–Crippen MR) is 69.8 cm³/mol. The molecule has 0 aliphatic heterocycles. The molecule has 0 fully saturated rings. The summed E-state index contributed by atoms with van der Waals surface area (Å²) in [6.45, 7) is 1.64. The molecule has 1 unspecified atom stereocenters. The van der Waals surface area contributed by atoms with Crippen LogP contribution in [-0.2, 0) is 10.0 Å². The van der Waals surface area contributed by atoms with Gasteiger partial charge in [-0.05, 0) is 18.6 Å². The molecule has 17 heavy (non-hydrogen) atoms. The molecule has 0 saturated heterocycles. The first-order chi connectivity index (χ1) is 7.88. The Balaban J connectivity index is 3.02. The highest BCUT2D eigenvalue weighted by atomic mass is 32.2. The fourth-order valence-corrected chi connectivity index (χ4v) is 3.25. The molecular weight excluding hydrogens is 263 g/mol. The van der Waals surface area contributed by atoms with Crippen LogP contribution in [0.2, 0.25) is 0 Å². The Kier molecular flexibility index (Phi) is 4.41. The summed E-state index contributed by atoms with van der Waals surface area (Å²) in [7, 11) is -3.80. The maximum Gasteiger partial charge on any atom is 0.242 e. The van der Waals surface area contributed by atoms with Crippen LogP contribution in [0.25, 0.3) is 0 Å². The average molecular weight is 276 g/mol. The van der Waals surface area contributed by atoms with Crippen molar-refractivity contribution in [2.45, 2.75) is 18.6 Å². The van der Waals surface area contributed by atoms with Gasteiger partial charge in [-0.1, -0.05) is 31.3 Å². The van der Waals surface area contributed by atoms with Crippen LogP contribution < -0.4 is 10.5 Å². The Morgan fingerprint density at radius 1 is 1.53 bits per heavy atom. The number of thiocarbonyl (C=S) groups is 1. The first-order valence-corrected chi connectivity index (χ1v) is 6.89. The zero-order valence-corrected chi connectivity index (χ0v) is 10.8. The van der Waals surface area contributed by atoms with E-state index in [0.717, 1.165) is 0 Å². The van der Waals surface area contributed by atoms with Gasteiger partial charge in [-0.15, -0.1) is 0 Å². The van der Waals surface area contributed by atoms with E-state index >= 15 is 0 Å². The second-order valence-corrected chi connectivity index (χ2v) is 5.76. The maximum absolute atomic E-state index is 13.3. The van der Waals surface area contributed by atoms with E-state index in [-0.39, 0.29) is 17.1 Å². The van der Waals surface area contributed by atoms with Gasteiger partial charge in [0.15, 0.2) is 0 Å². The summed E-state index contributed by atoms with van der Waals surface area (Å²) in [6.07, 6.45) is 0.235. The van der Waals surface area contributed by atoms with Crippen LogP contribution in [0.1, 0.15) is 13.3 Å². The average Bonchev–Trinajstić information content (AvgIpc) is 2.21. The zero-order chi connectivity index (χ0) is 13.1. The Bertz CT molecular complexity index is 517. The highest BCUT2D eigenvalue weighted by molar-refractivity contribution is 7.95. The molecule has 1 atom stereocenters. The number of hydrogen-bond acceptors (Lipinski definition) is 3. The third-order valence-electron chi connectivity index (χ3n) is 2.19. The normalized spacial score (nSPS) is 13.1. The number of nitrogens with one attached hydrogen (secondary N) is 1. The molecule has 1 aromatic rings. The van der Waals surface area contributed by atoms with Crippen molar-refractivity contribution < 1.29 is 12.8 Å². The third-order valence-corrected chi connectivity index (χ3v) is 4.46. The molecule has 0 amide bonds. The summed E-state index contributed by atoms with van der Waals surface area (Å²) >= 11 is 4.68. The highest BCUT2D eigenvalue weighted by Gasteiger charge is 2.27. The van der Waals surface area contributed by atoms with Crippen molar-refractivity contribution >= 4 is 32.9 Å². The molecular formula is C10H13FN2O2S2. The van der Waals surface area contributed by atoms with Gasteiger partial charge in [-0.3, -0.25) is 4.72 Å². The van der Waals surface area contributed by atoms with Crippen LogP contribution >= 0.6 is 12.2 Å². The van der Waals surface area contributed by atoms with Crippen LogP contribution in [0.4, 0.5) is 10.1 Å². The molecule has 0 aromatic heterocycles. The van der Waals surface area contributed by atoms with Crippen LogP contribution in [0.15, 0.2) is 24.3 Å². The second-order valence-electron chi connectivity index (χ2n) is 3.43. The molecule has 1 rings (SSSR count). The van der Waals surface area contributed by atoms with Crippen LogP contribution in [0, 0.1) is 5.82 Å². The Morgan fingerprint density at radius 3 is 2.59 bits per heavy atom. The monoisotopic (exact) mass is 276 g/mol. The Labute approximate surface area is 105 Å². The number of rotatable bonds is 5. The molecule has 0 bridgehead atoms. The topological polar surface area (TPSA) is 72.2 Å². The van der Waals surface area contributed by atoms with Gasteiger partial charge in [0.05, 0.1) is 10.7 Å². The van der Waals surface area contributed by atoms with Gasteiger partial charge in [0.1, 0.15) is 11.1 Å². The molecule has 1 aromatic carbocycles. The van der Waals surface area contributed by atoms with E-state index in [0.29, 0.717) is 0 Å². The second kappa shape index (κ2) is 5.42. The lowest BCUT2D eigenvalue weighted by Gasteiger charge is -2.16. The first-order valence-electron chi connectivity index (χ1n) is 4.94. The van der Waals surface area contributed by atoms with Crippen LogP contribution in [-0.4, -0.2) is 18.7 Å². The van der Waals surface area contributed by atoms with Crippen molar-refractivity contribution in [1.29, 1.82) is 0 Å². The van der Waals surface area contributed by atoms with Crippen molar-refractivity contribution in [3.8, 4) is 0 Å². The fourth-order valence-electron chi connectivity index (χ4n) is 1.34. The Morgan fingerprint density at radius 2 is 2.12 bits per heavy atom. The van der Waals surface area contributed by atoms with E-state index in [1.54, 1.807) is 6.92 Å². The quantitative estimate of drug-likeness (QED) is 0.802. The van der Waals surface area contributed by atoms with E-state index in [4.69, 9.17) is 5.73 Å². The van der Waals surface area contributed by atoms with E-state index < -0.39 is 21.1 Å². The molecule has 0 saturated carbocycles. The molecule has 0 aliphatic carbocycles. The Hall–Kier alpha value is -1.21. The number of anilines is 1. The number of benzene rings is 1. The SMILES string of the molecule is CCC(C(N)=S)S(=O)(=O)Nc1ccccc1F. The lowest BCUT2D eigenvalue weighted by Crippen LogP contribution is -2.37. The van der Waals surface area contributed by atoms with Gasteiger partial charge in [0.2, 0.25) is 10.0 Å². The summed E-state index contributed by atoms with van der Waals surface area (Å²) in [4.78, 5) is -0.128. The number of nitrogens with two attached hydrogens (primary N) is 1. The van der Waals surface area contributed by atoms with Gasteiger partial charge >= 0.3 is 0 Å². The van der Waals surface area contributed by atoms with E-state index in [2.05, 4.69) is 16.9 Å². The van der Waals surface area contributed by atoms with Crippen LogP contribution in [0.3, 0.4) is 0 Å². The molecule has 3 N–H and O–H groups in total. The molecule has 0 aliphatic rings. The van der Waals surface area contributed by atoms with E-state index in [1.807, 2.05) is 0 Å². The van der Waals surface area contributed by atoms with Crippen molar-refractivity contribution in [2.75, 3.05) is 4.72 Å². The summed E-state index contributed by atoms with van der Waals surface area (Å²) in [5.74, 6) is -0.645. The first kappa shape index (κ1) is 13.9. The molecule has 7 heteroatoms. The largest absolute Gasteiger partial charge is 0.392 e. The number of halogens is 1. The molecule has 94 valence electrons. The maximum atomic E-state index is 13.3. The zero-order valence-electron chi connectivity index (χ0n) is 9.18. The number of sulfonamides is 1. The lowest BCUT2D eigenvalue weighted by atomic mass is 10.3. The third kappa shape index (κ3) is 3.37. The van der Waals surface area contributed by atoms with Gasteiger partial charge in [0, 0.05) is 0 Å². The standard InChI is InChI=1S/C10H13FN2O2S2/c1-2-9(10(12)16)17(14,15)13-8-6-4-3-5-7(8)11/h3-6,9,13H,2H2,1H3,(H2,12,16). The highest BCUT2D eigenvalue weighted by Crippen LogP contribution is 2.17. The fraction of sp³-hybridized carbons (Fsp3) is 0.300. The van der Waals surface area contributed by atoms with Crippen molar-refractivity contribution in [2.24, 2.45) is 5.73 Å². The molecule has 0 radical (unpaired) electrons. The van der Waals surface area contributed by atoms with Crippen molar-refractivity contribution in [3.63, 3.8) is 0 Å². The summed E-state index contributed by atoms with van der Waals surface area (Å²) in [5, 5.41) is -1.00. The number of hydrogen-bond donors (Lipinski definition) is 2. The van der Waals surface area contributed by atoms with Crippen molar-refractivity contribution in [3.05, 3.63) is 30.1 Å². The van der Waals surface area contributed by atoms with Gasteiger partial charge < -0.3 is 5.73 Å². The van der Waals surface area contributed by atoms with E-state index in [9.17, 15) is 12.8 Å². The lowest BCUT2D eigenvalue weighted by molar-refractivity contribution is 0.592. The summed E-state index contributed by atoms with van der Waals surface area (Å²) < 4.78 is 39.2. The minimum absolute atomic E-state index is 0.109. The van der Waals surface area contributed by atoms with Crippen molar-refractivity contribution in [1.82, 2.24) is 0 Å². The van der Waals surface area contributed by atoms with Crippen LogP contribution in [0.5, 0.6) is 0 Å². The predicted octanol–water partition coefficient (Wildman–Crippen LogP) is 1.63. The minimum Gasteiger partial charge on any atom is -0.392 e. The van der Waals surface area contributed by atoms with Gasteiger partial charge in [-0.2, -0.15) is 0 Å². The van der Waals surface area contributed by atoms with Gasteiger partial charge in [0.25, 0.3) is 0 Å². The summed E-state index contributed by atoms with van der Waals surface area (Å²) in [5.41, 5.74) is 5.23. The molecule has 0 spiro atoms. The molecule has 4 nitrogen and oxygen atoms in total. The summed E-state index contributed by atoms with van der Waals surface area (Å²) in [6, 6.07) is 5.50. The number of para-hydroxylation sites is 1. The van der Waals surface area contributed by atoms with E-state index in [1.165, 1.54) is 24.3 Å².